The Morgan fingerprint density at radius 1 is 0.515 bits per heavy atom. The Morgan fingerprint density at radius 2 is 1.00 bits per heavy atom. The van der Waals surface area contributed by atoms with E-state index < -0.39 is 52.2 Å². The molecule has 1 aliphatic rings. The van der Waals surface area contributed by atoms with E-state index in [-0.39, 0.29) is 85.2 Å². The van der Waals surface area contributed by atoms with Gasteiger partial charge in [0.25, 0.3) is 0 Å². The van der Waals surface area contributed by atoms with E-state index in [0.29, 0.717) is 11.8 Å². The molecule has 0 radical (unpaired) electrons. The number of aromatic hydroxyl groups is 13. The van der Waals surface area contributed by atoms with Gasteiger partial charge < -0.3 is 80.6 Å². The van der Waals surface area contributed by atoms with Crippen LogP contribution in [0.1, 0.15) is 47.0 Å². The molecule has 0 saturated heterocycles. The molecule has 3 unspecified atom stereocenters. The molecule has 2 heterocycles. The van der Waals surface area contributed by atoms with E-state index in [1.54, 1.807) is 12.1 Å². The lowest BCUT2D eigenvalue weighted by Crippen LogP contribution is -2.36. The molecular formula is C48H44O18. The van der Waals surface area contributed by atoms with Gasteiger partial charge in [0.05, 0.1) is 0 Å². The number of aliphatic hydroxyl groups excluding tert-OH is 1. The van der Waals surface area contributed by atoms with Gasteiger partial charge in [-0.15, -0.1) is 0 Å². The largest absolute Gasteiger partial charge is 0.508 e. The second-order valence-corrected chi connectivity index (χ2v) is 15.6. The standard InChI is InChI=1S/C18H22O4.C15H12O7.C15H10O7/c1-11(7-13-3-5-15(19)17(21)9-13)12(2)8-14-4-6-16(20)18(22)10-14;2*16-7-4-10(19)12-11(5-7)22-15(14(21)13(12)20)6-1-2-8(17)9(18)3-6/h3-6,9-12,19-22H,7-8H2,1-2H3;1-5,14-19,21H;1-5,16-19,21H/t;14?,15-;/m.1./s1. The minimum atomic E-state index is -1.60. The van der Waals surface area contributed by atoms with Gasteiger partial charge in [-0.1, -0.05) is 32.0 Å². The van der Waals surface area contributed by atoms with Crippen LogP contribution in [0.3, 0.4) is 0 Å². The van der Waals surface area contributed by atoms with Gasteiger partial charge in [0.1, 0.15) is 45.3 Å². The highest BCUT2D eigenvalue weighted by Gasteiger charge is 2.39. The Kier molecular flexibility index (Phi) is 13.5. The quantitative estimate of drug-likeness (QED) is 0.0736. The van der Waals surface area contributed by atoms with Crippen molar-refractivity contribution < 1.29 is 85.4 Å². The van der Waals surface area contributed by atoms with Crippen molar-refractivity contribution in [3.8, 4) is 91.8 Å². The summed E-state index contributed by atoms with van der Waals surface area (Å²) in [6, 6.07) is 21.3. The molecule has 18 heteroatoms. The highest BCUT2D eigenvalue weighted by Crippen LogP contribution is 2.43. The molecule has 0 amide bonds. The van der Waals surface area contributed by atoms with Crippen LogP contribution in [-0.2, 0) is 12.8 Å². The van der Waals surface area contributed by atoms with Gasteiger partial charge in [0.2, 0.25) is 17.0 Å². The van der Waals surface area contributed by atoms with Crippen LogP contribution in [0.15, 0.2) is 106 Å². The monoisotopic (exact) mass is 908 g/mol. The normalized spacial score (nSPS) is 15.0. The summed E-state index contributed by atoms with van der Waals surface area (Å²) in [4.78, 5) is 24.3. The fourth-order valence-electron chi connectivity index (χ4n) is 7.05. The number of hydrogen-bond donors (Lipinski definition) is 14. The molecule has 8 rings (SSSR count). The number of ether oxygens (including phenoxy) is 1. The summed E-state index contributed by atoms with van der Waals surface area (Å²) >= 11 is 0. The number of phenolic OH excluding ortho intramolecular Hbond substituents is 12. The fourth-order valence-corrected chi connectivity index (χ4v) is 7.05. The van der Waals surface area contributed by atoms with Crippen molar-refractivity contribution in [1.29, 1.82) is 0 Å². The lowest BCUT2D eigenvalue weighted by atomic mass is 9.85. The average molecular weight is 909 g/mol. The minimum absolute atomic E-state index is 0.0784. The van der Waals surface area contributed by atoms with Gasteiger partial charge in [0, 0.05) is 29.8 Å². The number of benzene rings is 6. The van der Waals surface area contributed by atoms with Crippen LogP contribution in [0.2, 0.25) is 0 Å². The molecule has 7 aromatic rings. The van der Waals surface area contributed by atoms with E-state index in [1.165, 1.54) is 30.3 Å². The number of carbonyl (C=O) groups is 1. The van der Waals surface area contributed by atoms with Crippen molar-refractivity contribution in [3.63, 3.8) is 0 Å². The molecular weight excluding hydrogens is 865 g/mol. The Hall–Kier alpha value is -8.64. The molecule has 0 bridgehead atoms. The molecule has 0 spiro atoms. The number of carbonyl (C=O) groups excluding carboxylic acids is 1. The van der Waals surface area contributed by atoms with E-state index in [9.17, 15) is 81.1 Å². The van der Waals surface area contributed by atoms with Crippen molar-refractivity contribution >= 4 is 16.8 Å². The number of hydrogen-bond acceptors (Lipinski definition) is 18. The van der Waals surface area contributed by atoms with Crippen LogP contribution in [-0.4, -0.2) is 83.4 Å². The average Bonchev–Trinajstić information content (AvgIpc) is 3.25. The van der Waals surface area contributed by atoms with Gasteiger partial charge >= 0.3 is 0 Å². The van der Waals surface area contributed by atoms with E-state index >= 15 is 0 Å². The van der Waals surface area contributed by atoms with Crippen molar-refractivity contribution in [3.05, 3.63) is 130 Å². The molecule has 0 fully saturated rings. The highest BCUT2D eigenvalue weighted by atomic mass is 16.5. The summed E-state index contributed by atoms with van der Waals surface area (Å²) in [5.74, 6) is -4.81. The maximum Gasteiger partial charge on any atom is 0.238 e. The second-order valence-electron chi connectivity index (χ2n) is 15.6. The van der Waals surface area contributed by atoms with Crippen LogP contribution in [0, 0.1) is 11.8 Å². The molecule has 344 valence electrons. The first kappa shape index (κ1) is 46.9. The number of ketones is 1. The summed E-state index contributed by atoms with van der Waals surface area (Å²) in [7, 11) is 0. The lowest BCUT2D eigenvalue weighted by Gasteiger charge is -2.30. The highest BCUT2D eigenvalue weighted by molar-refractivity contribution is 6.05. The van der Waals surface area contributed by atoms with E-state index in [2.05, 4.69) is 13.8 Å². The third kappa shape index (κ3) is 10.1. The van der Waals surface area contributed by atoms with Crippen LogP contribution in [0.5, 0.6) is 80.5 Å². The summed E-state index contributed by atoms with van der Waals surface area (Å²) in [5, 5.41) is 133. The number of Topliss-reactive ketones (excluding diaryl/α,β-unsaturated/α-hetero) is 1. The first-order valence-corrected chi connectivity index (χ1v) is 19.9. The molecule has 14 N–H and O–H groups in total. The second kappa shape index (κ2) is 19.0. The summed E-state index contributed by atoms with van der Waals surface area (Å²) in [5.41, 5.74) is 1.10. The maximum absolute atomic E-state index is 12.2. The minimum Gasteiger partial charge on any atom is -0.508 e. The first-order valence-electron chi connectivity index (χ1n) is 19.9. The first-order chi connectivity index (χ1) is 31.1. The predicted molar refractivity (Wildman–Crippen MR) is 235 cm³/mol. The molecule has 18 nitrogen and oxygen atoms in total. The van der Waals surface area contributed by atoms with Gasteiger partial charge in [-0.2, -0.15) is 0 Å². The van der Waals surface area contributed by atoms with Crippen LogP contribution in [0.25, 0.3) is 22.3 Å². The van der Waals surface area contributed by atoms with Crippen molar-refractivity contribution in [2.24, 2.45) is 11.8 Å². The molecule has 0 aliphatic carbocycles. The summed E-state index contributed by atoms with van der Waals surface area (Å²) < 4.78 is 10.8. The lowest BCUT2D eigenvalue weighted by molar-refractivity contribution is 0.0210. The maximum atomic E-state index is 12.2. The Morgan fingerprint density at radius 3 is 1.53 bits per heavy atom. The smallest absolute Gasteiger partial charge is 0.238 e. The summed E-state index contributed by atoms with van der Waals surface area (Å²) in [6.45, 7) is 4.27. The van der Waals surface area contributed by atoms with Crippen LogP contribution >= 0.6 is 0 Å². The molecule has 4 atom stereocenters. The summed E-state index contributed by atoms with van der Waals surface area (Å²) in [6.07, 6.45) is -1.17. The predicted octanol–water partition coefficient (Wildman–Crippen LogP) is 6.74. The van der Waals surface area contributed by atoms with E-state index in [1.807, 2.05) is 12.1 Å². The Bertz CT molecular complexity index is 2960. The van der Waals surface area contributed by atoms with Crippen molar-refractivity contribution in [1.82, 2.24) is 0 Å². The van der Waals surface area contributed by atoms with Crippen molar-refractivity contribution in [2.75, 3.05) is 0 Å². The Balaban J connectivity index is 0.000000164. The molecule has 6 aromatic carbocycles. The van der Waals surface area contributed by atoms with Crippen LogP contribution < -0.4 is 10.2 Å². The zero-order valence-electron chi connectivity index (χ0n) is 34.9. The fraction of sp³-hybridized carbons (Fsp3) is 0.167. The third-order valence-electron chi connectivity index (χ3n) is 10.8. The van der Waals surface area contributed by atoms with Gasteiger partial charge in [-0.05, 0) is 96.0 Å². The zero-order valence-corrected chi connectivity index (χ0v) is 34.9. The number of aliphatic hydroxyl groups is 1. The SMILES string of the molecule is CC(Cc1ccc(O)c(O)c1)C(C)Cc1ccc(O)c(O)c1.O=C1c2c(O)cc(O)cc2O[C@H](c2ccc(O)c(O)c2)C1O.O=c1c(O)c(-c2ccc(O)c(O)c2)oc2cc(O)cc(O)c12. The topological polar surface area (TPSA) is 340 Å². The third-order valence-corrected chi connectivity index (χ3v) is 10.8. The number of rotatable bonds is 7. The van der Waals surface area contributed by atoms with Gasteiger partial charge in [-0.25, -0.2) is 0 Å². The number of phenols is 12. The molecule has 1 aliphatic heterocycles. The van der Waals surface area contributed by atoms with Gasteiger partial charge in [0.15, 0.2) is 64.0 Å². The van der Waals surface area contributed by atoms with Gasteiger partial charge in [-0.3, -0.25) is 9.59 Å². The van der Waals surface area contributed by atoms with Crippen molar-refractivity contribution in [2.45, 2.75) is 38.9 Å². The number of fused-ring (bicyclic) bond motifs is 2. The zero-order chi connectivity index (χ0) is 48.3. The molecule has 0 saturated carbocycles. The molecule has 1 aromatic heterocycles. The molecule has 66 heavy (non-hydrogen) atoms. The van der Waals surface area contributed by atoms with Crippen LogP contribution in [0.4, 0.5) is 0 Å². The van der Waals surface area contributed by atoms with E-state index in [0.717, 1.165) is 66.4 Å². The van der Waals surface area contributed by atoms with E-state index in [4.69, 9.17) is 9.15 Å². The Labute approximate surface area is 373 Å².